The van der Waals surface area contributed by atoms with Crippen LogP contribution in [-0.4, -0.2) is 17.1 Å². The van der Waals surface area contributed by atoms with E-state index in [9.17, 15) is 0 Å². The summed E-state index contributed by atoms with van der Waals surface area (Å²) in [5.41, 5.74) is 8.68. The first kappa shape index (κ1) is 16.1. The minimum Gasteiger partial charge on any atom is -0.396 e. The fraction of sp³-hybridized carbons (Fsp3) is 0.389. The van der Waals surface area contributed by atoms with Crippen molar-refractivity contribution in [2.75, 3.05) is 11.1 Å². The average molecular weight is 332 g/mol. The molecular formula is C18H22ClN3O. The van der Waals surface area contributed by atoms with E-state index in [0.29, 0.717) is 29.6 Å². The first-order chi connectivity index (χ1) is 11.2. The number of nitrogen functional groups attached to an aromatic ring is 1. The lowest BCUT2D eigenvalue weighted by Gasteiger charge is -2.30. The topological polar surface area (TPSA) is 60.2 Å². The summed E-state index contributed by atoms with van der Waals surface area (Å²) in [4.78, 5) is 3.98. The standard InChI is InChI=1S/C18H22ClN3O/c19-18-10-17(16(20)11-21-18)22-14-6-8-15(9-7-14)23-12-13-4-2-1-3-5-13/h1-5,10-11,14-15H,6-9,12,20H2,(H,21,22). The normalized spacial score (nSPS) is 21.1. The van der Waals surface area contributed by atoms with Crippen LogP contribution in [-0.2, 0) is 11.3 Å². The largest absolute Gasteiger partial charge is 0.396 e. The number of benzene rings is 1. The number of nitrogens with one attached hydrogen (secondary N) is 1. The third-order valence-corrected chi connectivity index (χ3v) is 4.47. The molecule has 1 aromatic carbocycles. The molecule has 1 heterocycles. The number of aromatic nitrogens is 1. The van der Waals surface area contributed by atoms with Crippen LogP contribution < -0.4 is 11.1 Å². The number of hydrogen-bond acceptors (Lipinski definition) is 4. The quantitative estimate of drug-likeness (QED) is 0.804. The SMILES string of the molecule is Nc1cnc(Cl)cc1NC1CCC(OCc2ccccc2)CC1. The zero-order valence-corrected chi connectivity index (χ0v) is 13.8. The molecule has 3 N–H and O–H groups in total. The lowest BCUT2D eigenvalue weighted by Crippen LogP contribution is -2.30. The lowest BCUT2D eigenvalue weighted by molar-refractivity contribution is 0.0150. The first-order valence-corrected chi connectivity index (χ1v) is 8.41. The third kappa shape index (κ3) is 4.60. The van der Waals surface area contributed by atoms with Crippen LogP contribution in [0.15, 0.2) is 42.6 Å². The molecule has 0 saturated heterocycles. The van der Waals surface area contributed by atoms with Gasteiger partial charge in [-0.2, -0.15) is 0 Å². The molecule has 5 heteroatoms. The van der Waals surface area contributed by atoms with Gasteiger partial charge in [0.2, 0.25) is 0 Å². The van der Waals surface area contributed by atoms with Gasteiger partial charge in [-0.15, -0.1) is 0 Å². The van der Waals surface area contributed by atoms with Crippen LogP contribution >= 0.6 is 11.6 Å². The van der Waals surface area contributed by atoms with Crippen LogP contribution in [0.3, 0.4) is 0 Å². The second-order valence-electron chi connectivity index (χ2n) is 6.01. The summed E-state index contributed by atoms with van der Waals surface area (Å²) in [5, 5.41) is 3.94. The van der Waals surface area contributed by atoms with E-state index in [0.717, 1.165) is 31.4 Å². The van der Waals surface area contributed by atoms with Crippen molar-refractivity contribution in [3.8, 4) is 0 Å². The first-order valence-electron chi connectivity index (χ1n) is 8.04. The Bertz CT molecular complexity index is 627. The van der Waals surface area contributed by atoms with E-state index < -0.39 is 0 Å². The fourth-order valence-electron chi connectivity index (χ4n) is 2.95. The van der Waals surface area contributed by atoms with Crippen molar-refractivity contribution in [1.82, 2.24) is 4.98 Å². The highest BCUT2D eigenvalue weighted by Gasteiger charge is 2.22. The predicted octanol–water partition coefficient (Wildman–Crippen LogP) is 4.26. The molecule has 1 aliphatic rings. The minimum absolute atomic E-state index is 0.339. The Morgan fingerprint density at radius 2 is 1.91 bits per heavy atom. The Hall–Kier alpha value is -1.78. The number of rotatable bonds is 5. The number of pyridine rings is 1. The summed E-state index contributed by atoms with van der Waals surface area (Å²) in [6, 6.07) is 12.5. The van der Waals surface area contributed by atoms with Crippen molar-refractivity contribution in [1.29, 1.82) is 0 Å². The monoisotopic (exact) mass is 331 g/mol. The molecule has 4 nitrogen and oxygen atoms in total. The third-order valence-electron chi connectivity index (χ3n) is 4.26. The molecule has 1 fully saturated rings. The zero-order chi connectivity index (χ0) is 16.1. The van der Waals surface area contributed by atoms with E-state index in [1.165, 1.54) is 5.56 Å². The highest BCUT2D eigenvalue weighted by Crippen LogP contribution is 2.28. The van der Waals surface area contributed by atoms with E-state index in [4.69, 9.17) is 22.1 Å². The number of hydrogen-bond donors (Lipinski definition) is 2. The number of ether oxygens (including phenoxy) is 1. The van der Waals surface area contributed by atoms with Gasteiger partial charge in [0.15, 0.2) is 0 Å². The van der Waals surface area contributed by atoms with E-state index in [1.807, 2.05) is 18.2 Å². The molecule has 0 spiro atoms. The van der Waals surface area contributed by atoms with Crippen LogP contribution in [0.25, 0.3) is 0 Å². The molecule has 0 radical (unpaired) electrons. The molecule has 0 amide bonds. The Balaban J connectivity index is 1.46. The summed E-state index contributed by atoms with van der Waals surface area (Å²) < 4.78 is 6.03. The van der Waals surface area contributed by atoms with Crippen molar-refractivity contribution >= 4 is 23.0 Å². The van der Waals surface area contributed by atoms with Gasteiger partial charge in [0.25, 0.3) is 0 Å². The lowest BCUT2D eigenvalue weighted by atomic mass is 9.92. The van der Waals surface area contributed by atoms with Gasteiger partial charge in [0.05, 0.1) is 30.3 Å². The second kappa shape index (κ2) is 7.66. The van der Waals surface area contributed by atoms with Crippen LogP contribution in [0.5, 0.6) is 0 Å². The summed E-state index contributed by atoms with van der Waals surface area (Å²) in [6.07, 6.45) is 6.19. The summed E-state index contributed by atoms with van der Waals surface area (Å²) in [5.74, 6) is 0. The van der Waals surface area contributed by atoms with Crippen LogP contribution in [0.1, 0.15) is 31.2 Å². The highest BCUT2D eigenvalue weighted by atomic mass is 35.5. The Morgan fingerprint density at radius 3 is 2.65 bits per heavy atom. The Kier molecular flexibility index (Phi) is 5.36. The number of anilines is 2. The zero-order valence-electron chi connectivity index (χ0n) is 13.0. The van der Waals surface area contributed by atoms with Gasteiger partial charge in [-0.25, -0.2) is 4.98 Å². The molecule has 0 unspecified atom stereocenters. The summed E-state index contributed by atoms with van der Waals surface area (Å²) >= 11 is 5.93. The van der Waals surface area contributed by atoms with E-state index in [1.54, 1.807) is 12.3 Å². The molecule has 2 aromatic rings. The fourth-order valence-corrected chi connectivity index (χ4v) is 3.11. The molecule has 3 rings (SSSR count). The number of nitrogens with two attached hydrogens (primary N) is 1. The number of nitrogens with zero attached hydrogens (tertiary/aromatic N) is 1. The van der Waals surface area contributed by atoms with Gasteiger partial charge >= 0.3 is 0 Å². The van der Waals surface area contributed by atoms with Gasteiger partial charge < -0.3 is 15.8 Å². The van der Waals surface area contributed by atoms with Crippen molar-refractivity contribution in [2.24, 2.45) is 0 Å². The van der Waals surface area contributed by atoms with Gasteiger partial charge in [-0.05, 0) is 31.2 Å². The molecule has 0 aliphatic heterocycles. The van der Waals surface area contributed by atoms with E-state index in [-0.39, 0.29) is 0 Å². The van der Waals surface area contributed by atoms with Crippen molar-refractivity contribution in [2.45, 2.75) is 44.4 Å². The van der Waals surface area contributed by atoms with Crippen molar-refractivity contribution in [3.05, 3.63) is 53.3 Å². The number of halogens is 1. The average Bonchev–Trinajstić information content (AvgIpc) is 2.58. The Labute approximate surface area is 142 Å². The Morgan fingerprint density at radius 1 is 1.17 bits per heavy atom. The molecule has 0 atom stereocenters. The molecule has 1 saturated carbocycles. The van der Waals surface area contributed by atoms with Gasteiger partial charge in [0.1, 0.15) is 5.15 Å². The minimum atomic E-state index is 0.339. The van der Waals surface area contributed by atoms with Crippen LogP contribution in [0.4, 0.5) is 11.4 Å². The van der Waals surface area contributed by atoms with Crippen LogP contribution in [0.2, 0.25) is 5.15 Å². The molecule has 122 valence electrons. The van der Waals surface area contributed by atoms with Gasteiger partial charge in [-0.1, -0.05) is 41.9 Å². The van der Waals surface area contributed by atoms with Crippen molar-refractivity contribution in [3.63, 3.8) is 0 Å². The molecule has 1 aromatic heterocycles. The molecule has 1 aliphatic carbocycles. The highest BCUT2D eigenvalue weighted by molar-refractivity contribution is 6.29. The van der Waals surface area contributed by atoms with E-state index in [2.05, 4.69) is 22.4 Å². The van der Waals surface area contributed by atoms with Crippen LogP contribution in [0, 0.1) is 0 Å². The molecule has 23 heavy (non-hydrogen) atoms. The predicted molar refractivity (Wildman–Crippen MR) is 94.6 cm³/mol. The maximum atomic E-state index is 6.03. The summed E-state index contributed by atoms with van der Waals surface area (Å²) in [7, 11) is 0. The van der Waals surface area contributed by atoms with Crippen molar-refractivity contribution < 1.29 is 4.74 Å². The maximum absolute atomic E-state index is 6.03. The molecule has 0 bridgehead atoms. The maximum Gasteiger partial charge on any atom is 0.131 e. The summed E-state index contributed by atoms with van der Waals surface area (Å²) in [6.45, 7) is 0.691. The second-order valence-corrected chi connectivity index (χ2v) is 6.40. The smallest absolute Gasteiger partial charge is 0.131 e. The van der Waals surface area contributed by atoms with E-state index >= 15 is 0 Å². The molecular weight excluding hydrogens is 310 g/mol. The van der Waals surface area contributed by atoms with Gasteiger partial charge in [-0.3, -0.25) is 0 Å². The van der Waals surface area contributed by atoms with Gasteiger partial charge in [0, 0.05) is 12.1 Å².